The Morgan fingerprint density at radius 2 is 1.53 bits per heavy atom. The van der Waals surface area contributed by atoms with E-state index in [1.165, 1.54) is 12.1 Å². The molecule has 1 aliphatic heterocycles. The van der Waals surface area contributed by atoms with E-state index in [1.807, 2.05) is 54.6 Å². The lowest BCUT2D eigenvalue weighted by atomic mass is 9.98. The summed E-state index contributed by atoms with van der Waals surface area (Å²) in [5, 5.41) is 0.399. The van der Waals surface area contributed by atoms with Gasteiger partial charge >= 0.3 is 0 Å². The minimum Gasteiger partial charge on any atom is -0.457 e. The molecule has 0 saturated carbocycles. The third-order valence-electron chi connectivity index (χ3n) is 6.29. The van der Waals surface area contributed by atoms with Crippen LogP contribution in [0.2, 0.25) is 0 Å². The largest absolute Gasteiger partial charge is 0.457 e. The number of amides is 1. The van der Waals surface area contributed by atoms with E-state index in [9.17, 15) is 14.0 Å². The molecule has 0 aliphatic carbocycles. The second-order valence-electron chi connectivity index (χ2n) is 8.62. The number of rotatable bonds is 5. The van der Waals surface area contributed by atoms with Crippen molar-refractivity contribution in [3.05, 3.63) is 142 Å². The van der Waals surface area contributed by atoms with Crippen molar-refractivity contribution in [3.63, 3.8) is 0 Å². The summed E-state index contributed by atoms with van der Waals surface area (Å²) in [6.45, 7) is 0.201. The highest BCUT2D eigenvalue weighted by molar-refractivity contribution is 5.99. The van der Waals surface area contributed by atoms with Gasteiger partial charge in [-0.05, 0) is 59.7 Å². The first-order chi connectivity index (χ1) is 17.6. The summed E-state index contributed by atoms with van der Waals surface area (Å²) in [6.07, 6.45) is 0. The van der Waals surface area contributed by atoms with Crippen LogP contribution in [0.4, 0.5) is 4.39 Å². The molecule has 5 aromatic rings. The number of carbonyl (C=O) groups is 1. The SMILES string of the molecule is O=C1c2oc3ccccc3c(=O)c2C(c2ccc(F)cc2)N1Cc1cccc(Oc2ccccc2)c1. The number of ether oxygens (including phenoxy) is 1. The molecule has 1 aromatic heterocycles. The highest BCUT2D eigenvalue weighted by Crippen LogP contribution is 2.39. The van der Waals surface area contributed by atoms with E-state index >= 15 is 0 Å². The molecule has 1 atom stereocenters. The Morgan fingerprint density at radius 3 is 2.33 bits per heavy atom. The lowest BCUT2D eigenvalue weighted by molar-refractivity contribution is 0.0714. The van der Waals surface area contributed by atoms with E-state index in [0.29, 0.717) is 28.0 Å². The van der Waals surface area contributed by atoms with Gasteiger partial charge in [0.2, 0.25) is 5.76 Å². The third-order valence-corrected chi connectivity index (χ3v) is 6.29. The van der Waals surface area contributed by atoms with E-state index in [0.717, 1.165) is 5.56 Å². The standard InChI is InChI=1S/C30H20FNO4/c31-21-15-13-20(14-16-21)27-26-28(33)24-11-4-5-12-25(24)36-29(26)30(34)32(27)18-19-7-6-10-23(17-19)35-22-8-2-1-3-9-22/h1-17,27H,18H2. The Balaban J connectivity index is 1.43. The Bertz CT molecular complexity index is 1640. The maximum Gasteiger partial charge on any atom is 0.291 e. The van der Waals surface area contributed by atoms with Gasteiger partial charge in [-0.2, -0.15) is 0 Å². The maximum absolute atomic E-state index is 13.7. The van der Waals surface area contributed by atoms with Crippen molar-refractivity contribution in [1.82, 2.24) is 4.90 Å². The fourth-order valence-corrected chi connectivity index (χ4v) is 4.65. The van der Waals surface area contributed by atoms with Gasteiger partial charge in [-0.3, -0.25) is 9.59 Å². The number of fused-ring (bicyclic) bond motifs is 2. The van der Waals surface area contributed by atoms with Gasteiger partial charge in [0.15, 0.2) is 5.43 Å². The van der Waals surface area contributed by atoms with E-state index in [1.54, 1.807) is 41.3 Å². The first-order valence-corrected chi connectivity index (χ1v) is 11.5. The molecule has 1 aliphatic rings. The van der Waals surface area contributed by atoms with Crippen molar-refractivity contribution in [2.45, 2.75) is 12.6 Å². The highest BCUT2D eigenvalue weighted by atomic mass is 19.1. The molecule has 6 heteroatoms. The molecule has 6 rings (SSSR count). The number of hydrogen-bond donors (Lipinski definition) is 0. The molecule has 0 spiro atoms. The fraction of sp³-hybridized carbons (Fsp3) is 0.0667. The van der Waals surface area contributed by atoms with Crippen molar-refractivity contribution in [2.75, 3.05) is 0 Å². The van der Waals surface area contributed by atoms with Crippen molar-refractivity contribution in [1.29, 1.82) is 0 Å². The Hall–Kier alpha value is -4.71. The van der Waals surface area contributed by atoms with Crippen LogP contribution in [0.5, 0.6) is 11.5 Å². The second-order valence-corrected chi connectivity index (χ2v) is 8.62. The van der Waals surface area contributed by atoms with E-state index in [-0.39, 0.29) is 23.3 Å². The van der Waals surface area contributed by atoms with E-state index in [4.69, 9.17) is 9.15 Å². The molecule has 2 heterocycles. The normalized spacial score (nSPS) is 14.8. The topological polar surface area (TPSA) is 59.8 Å². The monoisotopic (exact) mass is 477 g/mol. The molecule has 0 N–H and O–H groups in total. The number of carbonyl (C=O) groups excluding carboxylic acids is 1. The zero-order valence-electron chi connectivity index (χ0n) is 19.1. The smallest absolute Gasteiger partial charge is 0.291 e. The summed E-state index contributed by atoms with van der Waals surface area (Å²) < 4.78 is 25.6. The average molecular weight is 477 g/mol. The number of benzene rings is 4. The van der Waals surface area contributed by atoms with Gasteiger partial charge in [0, 0.05) is 6.54 Å². The van der Waals surface area contributed by atoms with Crippen LogP contribution in [0.3, 0.4) is 0 Å². The van der Waals surface area contributed by atoms with Gasteiger partial charge in [-0.15, -0.1) is 0 Å². The van der Waals surface area contributed by atoms with Crippen molar-refractivity contribution in [3.8, 4) is 11.5 Å². The van der Waals surface area contributed by atoms with E-state index < -0.39 is 17.8 Å². The molecule has 0 fully saturated rings. The fourth-order valence-electron chi connectivity index (χ4n) is 4.65. The summed E-state index contributed by atoms with van der Waals surface area (Å²) in [5.41, 5.74) is 1.80. The number of halogens is 1. The number of para-hydroxylation sites is 2. The lowest BCUT2D eigenvalue weighted by Gasteiger charge is -2.25. The van der Waals surface area contributed by atoms with Crippen molar-refractivity contribution in [2.24, 2.45) is 0 Å². The Kier molecular flexibility index (Phi) is 5.34. The third kappa shape index (κ3) is 3.82. The maximum atomic E-state index is 13.7. The van der Waals surface area contributed by atoms with Crippen LogP contribution in [0.15, 0.2) is 112 Å². The molecule has 36 heavy (non-hydrogen) atoms. The number of nitrogens with zero attached hydrogens (tertiary/aromatic N) is 1. The van der Waals surface area contributed by atoms with Gasteiger partial charge < -0.3 is 14.1 Å². The summed E-state index contributed by atoms with van der Waals surface area (Å²) in [4.78, 5) is 28.7. The molecular weight excluding hydrogens is 457 g/mol. The number of hydrogen-bond acceptors (Lipinski definition) is 4. The van der Waals surface area contributed by atoms with E-state index in [2.05, 4.69) is 0 Å². The molecular formula is C30H20FNO4. The second kappa shape index (κ2) is 8.82. The molecule has 5 nitrogen and oxygen atoms in total. The quantitative estimate of drug-likeness (QED) is 0.291. The van der Waals surface area contributed by atoms with Crippen LogP contribution in [-0.2, 0) is 6.54 Å². The molecule has 0 radical (unpaired) electrons. The highest BCUT2D eigenvalue weighted by Gasteiger charge is 2.42. The molecule has 4 aromatic carbocycles. The van der Waals surface area contributed by atoms with Gasteiger partial charge in [0.1, 0.15) is 22.9 Å². The molecule has 176 valence electrons. The molecule has 0 bridgehead atoms. The van der Waals surface area contributed by atoms with Gasteiger partial charge in [-0.25, -0.2) is 4.39 Å². The Morgan fingerprint density at radius 1 is 0.806 bits per heavy atom. The van der Waals surface area contributed by atoms with Crippen molar-refractivity contribution >= 4 is 16.9 Å². The van der Waals surface area contributed by atoms with Gasteiger partial charge in [-0.1, -0.05) is 54.6 Å². The van der Waals surface area contributed by atoms with Crippen LogP contribution >= 0.6 is 0 Å². The average Bonchev–Trinajstić information content (AvgIpc) is 3.17. The van der Waals surface area contributed by atoms with Gasteiger partial charge in [0.05, 0.1) is 17.0 Å². The van der Waals surface area contributed by atoms with Crippen molar-refractivity contribution < 1.29 is 18.3 Å². The minimum atomic E-state index is -0.715. The molecule has 1 amide bonds. The first-order valence-electron chi connectivity index (χ1n) is 11.5. The zero-order valence-corrected chi connectivity index (χ0v) is 19.1. The molecule has 1 unspecified atom stereocenters. The van der Waals surface area contributed by atoms with Crippen LogP contribution < -0.4 is 10.2 Å². The van der Waals surface area contributed by atoms with Crippen LogP contribution in [0.25, 0.3) is 11.0 Å². The zero-order chi connectivity index (χ0) is 24.6. The van der Waals surface area contributed by atoms with Crippen LogP contribution in [-0.4, -0.2) is 10.8 Å². The van der Waals surface area contributed by atoms with Gasteiger partial charge in [0.25, 0.3) is 5.91 Å². The minimum absolute atomic E-state index is 0.0183. The molecule has 0 saturated heterocycles. The first kappa shape index (κ1) is 21.8. The van der Waals surface area contributed by atoms with Crippen LogP contribution in [0, 0.1) is 5.82 Å². The predicted molar refractivity (Wildman–Crippen MR) is 134 cm³/mol. The Labute approximate surface area is 206 Å². The summed E-state index contributed by atoms with van der Waals surface area (Å²) in [5.74, 6) is 0.554. The van der Waals surface area contributed by atoms with Crippen LogP contribution in [0.1, 0.15) is 33.3 Å². The predicted octanol–water partition coefficient (Wildman–Crippen LogP) is 6.47. The summed E-state index contributed by atoms with van der Waals surface area (Å²) in [6, 6.07) is 28.8. The summed E-state index contributed by atoms with van der Waals surface area (Å²) >= 11 is 0. The summed E-state index contributed by atoms with van der Waals surface area (Å²) in [7, 11) is 0. The lowest BCUT2D eigenvalue weighted by Crippen LogP contribution is -2.29.